The quantitative estimate of drug-likeness (QED) is 0.126. The van der Waals surface area contributed by atoms with Crippen LogP contribution >= 0.6 is 0 Å². The summed E-state index contributed by atoms with van der Waals surface area (Å²) in [5.41, 5.74) is 9.71. The van der Waals surface area contributed by atoms with Crippen molar-refractivity contribution in [3.05, 3.63) is 58.7 Å². The topological polar surface area (TPSA) is 24.7 Å². The van der Waals surface area contributed by atoms with Gasteiger partial charge in [0, 0.05) is 20.4 Å². The summed E-state index contributed by atoms with van der Waals surface area (Å²) < 4.78 is 0. The zero-order valence-corrected chi connectivity index (χ0v) is 24.0. The number of aryl methyl sites for hydroxylation is 4. The molecule has 2 rings (SSSR count). The zero-order chi connectivity index (χ0) is 24.1. The van der Waals surface area contributed by atoms with Crippen LogP contribution in [-0.4, -0.2) is 11.4 Å². The first-order valence-electron chi connectivity index (χ1n) is 13.2. The Kier molecular flexibility index (Phi) is 15.2. The van der Waals surface area contributed by atoms with Gasteiger partial charge in [-0.1, -0.05) is 70.9 Å². The Morgan fingerprint density at radius 1 is 0.529 bits per heavy atom. The summed E-state index contributed by atoms with van der Waals surface area (Å²) in [4.78, 5) is 10.4. The fourth-order valence-corrected chi connectivity index (χ4v) is 4.05. The van der Waals surface area contributed by atoms with Gasteiger partial charge in [-0.2, -0.15) is 0 Å². The molecule has 0 spiro atoms. The maximum absolute atomic E-state index is 5.20. The summed E-state index contributed by atoms with van der Waals surface area (Å²) in [5, 5.41) is 0. The minimum atomic E-state index is 0. The Labute approximate surface area is 223 Å². The molecule has 2 aromatic rings. The molecule has 0 amide bonds. The molecule has 34 heavy (non-hydrogen) atoms. The molecular weight excluding hydrogens is 507 g/mol. The first-order chi connectivity index (χ1) is 15.9. The van der Waals surface area contributed by atoms with E-state index in [4.69, 9.17) is 9.98 Å². The smallest absolute Gasteiger partial charge is 0.0636 e. The minimum absolute atomic E-state index is 0. The summed E-state index contributed by atoms with van der Waals surface area (Å²) >= 11 is 0. The molecule has 0 aliphatic rings. The number of unbranched alkanes of at least 4 members (excludes halogenated alkanes) is 7. The van der Waals surface area contributed by atoms with Gasteiger partial charge in [-0.25, -0.2) is 0 Å². The summed E-state index contributed by atoms with van der Waals surface area (Å²) in [6.45, 7) is 13.2. The molecule has 0 aromatic heterocycles. The predicted octanol–water partition coefficient (Wildman–Crippen LogP) is 10.1. The molecule has 0 saturated carbocycles. The van der Waals surface area contributed by atoms with Crippen molar-refractivity contribution in [2.75, 3.05) is 0 Å². The Balaban J connectivity index is 0.00000578. The van der Waals surface area contributed by atoms with E-state index in [0.29, 0.717) is 0 Å². The van der Waals surface area contributed by atoms with Crippen LogP contribution in [0.2, 0.25) is 0 Å². The summed E-state index contributed by atoms with van der Waals surface area (Å²) in [5.74, 6) is 0. The van der Waals surface area contributed by atoms with Crippen LogP contribution in [0.25, 0.3) is 0 Å². The number of hydrogen-bond donors (Lipinski definition) is 0. The third-order valence-electron chi connectivity index (χ3n) is 6.63. The number of hydrogen-bond acceptors (Lipinski definition) is 2. The van der Waals surface area contributed by atoms with Gasteiger partial charge in [0.15, 0.2) is 0 Å². The second-order valence-corrected chi connectivity index (χ2v) is 9.63. The molecule has 3 heteroatoms. The van der Waals surface area contributed by atoms with Gasteiger partial charge in [-0.05, 0) is 99.9 Å². The maximum Gasteiger partial charge on any atom is 0.0636 e. The standard InChI is InChI=1S/C31H46N2.Pd/c1-7-9-11-12-13-15-17-31(33-29-21-19-25(4)27(6)23-29)30(16-14-10-8-2)32-28-20-18-24(3)26(5)22-28;/h18-23H,7-17H2,1-6H3;/b32-30+,33-31+;. The number of nitrogens with zero attached hydrogens (tertiary/aromatic N) is 2. The predicted molar refractivity (Wildman–Crippen MR) is 148 cm³/mol. The van der Waals surface area contributed by atoms with Crippen molar-refractivity contribution in [2.45, 2.75) is 112 Å². The first-order valence-corrected chi connectivity index (χ1v) is 13.2. The molecule has 0 aliphatic heterocycles. The normalized spacial score (nSPS) is 12.1. The van der Waals surface area contributed by atoms with Gasteiger partial charge in [-0.3, -0.25) is 9.98 Å². The molecule has 0 N–H and O–H groups in total. The fraction of sp³-hybridized carbons (Fsp3) is 0.548. The summed E-state index contributed by atoms with van der Waals surface area (Å²) in [6.07, 6.45) is 13.4. The summed E-state index contributed by atoms with van der Waals surface area (Å²) in [7, 11) is 0. The van der Waals surface area contributed by atoms with E-state index in [9.17, 15) is 0 Å². The number of aliphatic imine (C=N–C) groups is 2. The molecule has 0 radical (unpaired) electrons. The van der Waals surface area contributed by atoms with Crippen molar-refractivity contribution in [3.8, 4) is 0 Å². The van der Waals surface area contributed by atoms with Crippen LogP contribution in [0.4, 0.5) is 11.4 Å². The largest absolute Gasteiger partial charge is 0.252 e. The Hall–Kier alpha value is -1.56. The molecule has 2 aromatic carbocycles. The van der Waals surface area contributed by atoms with Gasteiger partial charge in [-0.15, -0.1) is 0 Å². The molecule has 190 valence electrons. The third kappa shape index (κ3) is 10.8. The van der Waals surface area contributed by atoms with Crippen molar-refractivity contribution >= 4 is 22.8 Å². The van der Waals surface area contributed by atoms with Crippen molar-refractivity contribution < 1.29 is 20.4 Å². The van der Waals surface area contributed by atoms with Crippen molar-refractivity contribution in [3.63, 3.8) is 0 Å². The Morgan fingerprint density at radius 3 is 1.35 bits per heavy atom. The minimum Gasteiger partial charge on any atom is -0.252 e. The maximum atomic E-state index is 5.20. The average molecular weight is 553 g/mol. The first kappa shape index (κ1) is 30.5. The molecule has 0 atom stereocenters. The van der Waals surface area contributed by atoms with Crippen LogP contribution in [0, 0.1) is 27.7 Å². The van der Waals surface area contributed by atoms with E-state index in [-0.39, 0.29) is 20.4 Å². The average Bonchev–Trinajstić information content (AvgIpc) is 2.79. The monoisotopic (exact) mass is 552 g/mol. The molecule has 0 heterocycles. The summed E-state index contributed by atoms with van der Waals surface area (Å²) in [6, 6.07) is 13.1. The molecular formula is C31H46N2Pd. The molecule has 2 nitrogen and oxygen atoms in total. The van der Waals surface area contributed by atoms with Crippen molar-refractivity contribution in [1.82, 2.24) is 0 Å². The molecule has 0 fully saturated rings. The molecule has 0 unspecified atom stereocenters. The van der Waals surface area contributed by atoms with Crippen LogP contribution < -0.4 is 0 Å². The Bertz CT molecular complexity index is 927. The molecule has 0 aliphatic carbocycles. The van der Waals surface area contributed by atoms with Crippen molar-refractivity contribution in [2.24, 2.45) is 9.98 Å². The number of benzene rings is 2. The van der Waals surface area contributed by atoms with E-state index in [2.05, 4.69) is 77.9 Å². The van der Waals surface area contributed by atoms with Crippen LogP contribution in [0.3, 0.4) is 0 Å². The fourth-order valence-electron chi connectivity index (χ4n) is 4.05. The van der Waals surface area contributed by atoms with Crippen LogP contribution in [-0.2, 0) is 20.4 Å². The van der Waals surface area contributed by atoms with Gasteiger partial charge in [0.25, 0.3) is 0 Å². The van der Waals surface area contributed by atoms with Gasteiger partial charge >= 0.3 is 0 Å². The van der Waals surface area contributed by atoms with E-state index >= 15 is 0 Å². The van der Waals surface area contributed by atoms with Crippen molar-refractivity contribution in [1.29, 1.82) is 0 Å². The second-order valence-electron chi connectivity index (χ2n) is 9.63. The zero-order valence-electron chi connectivity index (χ0n) is 22.5. The third-order valence-corrected chi connectivity index (χ3v) is 6.63. The van der Waals surface area contributed by atoms with Crippen LogP contribution in [0.1, 0.15) is 107 Å². The van der Waals surface area contributed by atoms with E-state index in [1.165, 1.54) is 91.5 Å². The van der Waals surface area contributed by atoms with E-state index in [1.54, 1.807) is 0 Å². The number of rotatable bonds is 14. The van der Waals surface area contributed by atoms with E-state index < -0.39 is 0 Å². The van der Waals surface area contributed by atoms with Gasteiger partial charge < -0.3 is 0 Å². The second kappa shape index (κ2) is 17.0. The van der Waals surface area contributed by atoms with E-state index in [1.807, 2.05) is 0 Å². The Morgan fingerprint density at radius 2 is 0.912 bits per heavy atom. The molecule has 0 bridgehead atoms. The van der Waals surface area contributed by atoms with Crippen LogP contribution in [0.5, 0.6) is 0 Å². The van der Waals surface area contributed by atoms with Gasteiger partial charge in [0.05, 0.1) is 22.8 Å². The molecule has 0 saturated heterocycles. The SMILES string of the molecule is CCCCCCCCC(=N\c1ccc(C)c(C)c1)/C(CCCCC)=N/c1ccc(C)c(C)c1.[Pd]. The van der Waals surface area contributed by atoms with Crippen LogP contribution in [0.15, 0.2) is 46.4 Å². The van der Waals surface area contributed by atoms with E-state index in [0.717, 1.165) is 24.2 Å². The van der Waals surface area contributed by atoms with Gasteiger partial charge in [0.2, 0.25) is 0 Å². The van der Waals surface area contributed by atoms with Gasteiger partial charge in [0.1, 0.15) is 0 Å².